The van der Waals surface area contributed by atoms with E-state index in [4.69, 9.17) is 10.8 Å². The van der Waals surface area contributed by atoms with Crippen LogP contribution in [0.4, 0.5) is 5.69 Å². The summed E-state index contributed by atoms with van der Waals surface area (Å²) < 4.78 is 0. The van der Waals surface area contributed by atoms with Gasteiger partial charge in [-0.05, 0) is 12.1 Å². The number of nitrogen functional groups attached to an aromatic ring is 1. The fourth-order valence-corrected chi connectivity index (χ4v) is 0.488. The van der Waals surface area contributed by atoms with Crippen LogP contribution < -0.4 is 5.73 Å². The van der Waals surface area contributed by atoms with E-state index in [-0.39, 0.29) is 35.3 Å². The van der Waals surface area contributed by atoms with Gasteiger partial charge in [0.05, 0.1) is 5.69 Å². The molecule has 0 saturated carbocycles. The van der Waals surface area contributed by atoms with Gasteiger partial charge in [0.2, 0.25) is 0 Å². The molecule has 0 unspecified atom stereocenters. The second kappa shape index (κ2) is 3.77. The van der Waals surface area contributed by atoms with Crippen molar-refractivity contribution in [3.05, 3.63) is 24.3 Å². The molecule has 0 fully saturated rings. The molecule has 3 heteroatoms. The fraction of sp³-hybridized carbons (Fsp3) is 0. The molecule has 0 aliphatic rings. The van der Waals surface area contributed by atoms with Crippen molar-refractivity contribution in [2.24, 2.45) is 0 Å². The smallest absolute Gasteiger partial charge is 0.138 e. The molecule has 3 N–H and O–H groups in total. The van der Waals surface area contributed by atoms with E-state index in [1.807, 2.05) is 0 Å². The van der Waals surface area contributed by atoms with Crippen LogP contribution in [0.1, 0.15) is 0 Å². The summed E-state index contributed by atoms with van der Waals surface area (Å²) in [5, 5.41) is 8.79. The van der Waals surface area contributed by atoms with Gasteiger partial charge in [0, 0.05) is 29.6 Å². The van der Waals surface area contributed by atoms with Crippen molar-refractivity contribution in [3.8, 4) is 5.75 Å². The summed E-state index contributed by atoms with van der Waals surface area (Å²) >= 11 is 0. The monoisotopic (exact) mass is 132 g/mol. The molecule has 1 radical (unpaired) electrons. The topological polar surface area (TPSA) is 46.2 Å². The number of aromatic hydroxyl groups is 1. The van der Waals surface area contributed by atoms with Crippen molar-refractivity contribution in [2.45, 2.75) is 0 Å². The van der Waals surface area contributed by atoms with Gasteiger partial charge in [-0.2, -0.15) is 0 Å². The number of rotatable bonds is 0. The Bertz CT molecular complexity index is 169. The maximum atomic E-state index is 8.79. The van der Waals surface area contributed by atoms with E-state index in [9.17, 15) is 0 Å². The first-order chi connectivity index (χ1) is 3.80. The van der Waals surface area contributed by atoms with Gasteiger partial charge >= 0.3 is 0 Å². The summed E-state index contributed by atoms with van der Waals surface area (Å²) in [6.45, 7) is 0. The Kier molecular flexibility index (Phi) is 3.70. The summed E-state index contributed by atoms with van der Waals surface area (Å²) in [5.41, 5.74) is 5.69. The normalized spacial score (nSPS) is 8.00. The molecule has 1 aromatic carbocycles. The van der Waals surface area contributed by atoms with Gasteiger partial charge in [-0.3, -0.25) is 0 Å². The zero-order valence-corrected chi connectivity index (χ0v) is 7.33. The molecule has 0 saturated heterocycles. The molecule has 1 aromatic rings. The molecular formula is C6H7NNaO. The Morgan fingerprint density at radius 1 is 1.22 bits per heavy atom. The molecule has 0 bridgehead atoms. The van der Waals surface area contributed by atoms with Crippen molar-refractivity contribution >= 4 is 35.2 Å². The molecule has 0 spiro atoms. The summed E-state index contributed by atoms with van der Waals surface area (Å²) in [4.78, 5) is 0. The molecule has 0 amide bonds. The Hall–Kier alpha value is -0.180. The maximum absolute atomic E-state index is 8.79. The number of benzene rings is 1. The third-order valence-electron chi connectivity index (χ3n) is 0.937. The molecular weight excluding hydrogens is 125 g/mol. The zero-order chi connectivity index (χ0) is 5.98. The molecule has 43 valence electrons. The van der Waals surface area contributed by atoms with Crippen LogP contribution in [0.25, 0.3) is 0 Å². The zero-order valence-electron chi connectivity index (χ0n) is 5.33. The van der Waals surface area contributed by atoms with Crippen LogP contribution >= 0.6 is 0 Å². The molecule has 0 aromatic heterocycles. The van der Waals surface area contributed by atoms with E-state index in [1.165, 1.54) is 0 Å². The predicted octanol–water partition coefficient (Wildman–Crippen LogP) is 0.594. The Balaban J connectivity index is 0.000000640. The molecule has 2 nitrogen and oxygen atoms in total. The molecule has 1 rings (SSSR count). The Morgan fingerprint density at radius 2 is 1.78 bits per heavy atom. The van der Waals surface area contributed by atoms with Crippen LogP contribution in [-0.4, -0.2) is 34.7 Å². The average molecular weight is 132 g/mol. The van der Waals surface area contributed by atoms with Gasteiger partial charge < -0.3 is 10.8 Å². The Morgan fingerprint density at radius 3 is 2.11 bits per heavy atom. The Labute approximate surface area is 76.0 Å². The van der Waals surface area contributed by atoms with Gasteiger partial charge in [0.1, 0.15) is 5.75 Å². The SMILES string of the molecule is Nc1ccccc1O.[Na]. The summed E-state index contributed by atoms with van der Waals surface area (Å²) in [5.74, 6) is 0.146. The second-order valence-corrected chi connectivity index (χ2v) is 1.56. The second-order valence-electron chi connectivity index (χ2n) is 1.56. The number of nitrogens with two attached hydrogens (primary N) is 1. The molecule has 0 heterocycles. The van der Waals surface area contributed by atoms with Crippen LogP contribution in [0.15, 0.2) is 24.3 Å². The van der Waals surface area contributed by atoms with E-state index >= 15 is 0 Å². The molecule has 0 aliphatic heterocycles. The van der Waals surface area contributed by atoms with Gasteiger partial charge in [-0.1, -0.05) is 12.1 Å². The number of hydrogen-bond acceptors (Lipinski definition) is 2. The first-order valence-corrected chi connectivity index (χ1v) is 2.34. The van der Waals surface area contributed by atoms with Crippen LogP contribution in [0, 0.1) is 0 Å². The number of hydrogen-bond donors (Lipinski definition) is 2. The quantitative estimate of drug-likeness (QED) is 0.308. The number of phenolic OH excluding ortho intramolecular Hbond substituents is 1. The van der Waals surface area contributed by atoms with E-state index in [1.54, 1.807) is 24.3 Å². The number of anilines is 1. The standard InChI is InChI=1S/C6H7NO.Na/c7-5-3-1-2-4-6(5)8;/h1-4,8H,7H2;. The average Bonchev–Trinajstić information content (AvgIpc) is 1.77. The number of para-hydroxylation sites is 2. The van der Waals surface area contributed by atoms with Crippen molar-refractivity contribution in [3.63, 3.8) is 0 Å². The first kappa shape index (κ1) is 8.82. The van der Waals surface area contributed by atoms with Crippen LogP contribution in [0.5, 0.6) is 5.75 Å². The third kappa shape index (κ3) is 2.26. The number of phenols is 1. The third-order valence-corrected chi connectivity index (χ3v) is 0.937. The van der Waals surface area contributed by atoms with Gasteiger partial charge in [0.25, 0.3) is 0 Å². The summed E-state index contributed by atoms with van der Waals surface area (Å²) in [7, 11) is 0. The maximum Gasteiger partial charge on any atom is 0.138 e. The minimum atomic E-state index is 0. The van der Waals surface area contributed by atoms with Crippen molar-refractivity contribution in [2.75, 3.05) is 5.73 Å². The van der Waals surface area contributed by atoms with E-state index in [0.717, 1.165) is 0 Å². The van der Waals surface area contributed by atoms with Gasteiger partial charge in [-0.15, -0.1) is 0 Å². The molecule has 0 atom stereocenters. The summed E-state index contributed by atoms with van der Waals surface area (Å²) in [6.07, 6.45) is 0. The van der Waals surface area contributed by atoms with Crippen molar-refractivity contribution in [1.29, 1.82) is 0 Å². The van der Waals surface area contributed by atoms with Crippen molar-refractivity contribution < 1.29 is 5.11 Å². The van der Waals surface area contributed by atoms with Crippen LogP contribution in [-0.2, 0) is 0 Å². The van der Waals surface area contributed by atoms with Gasteiger partial charge in [0.15, 0.2) is 0 Å². The minimum absolute atomic E-state index is 0. The molecule has 9 heavy (non-hydrogen) atoms. The summed E-state index contributed by atoms with van der Waals surface area (Å²) in [6, 6.07) is 6.70. The van der Waals surface area contributed by atoms with E-state index in [2.05, 4.69) is 0 Å². The minimum Gasteiger partial charge on any atom is -0.506 e. The van der Waals surface area contributed by atoms with Crippen LogP contribution in [0.3, 0.4) is 0 Å². The van der Waals surface area contributed by atoms with E-state index < -0.39 is 0 Å². The van der Waals surface area contributed by atoms with Crippen molar-refractivity contribution in [1.82, 2.24) is 0 Å². The van der Waals surface area contributed by atoms with Gasteiger partial charge in [-0.25, -0.2) is 0 Å². The predicted molar refractivity (Wildman–Crippen MR) is 38.3 cm³/mol. The van der Waals surface area contributed by atoms with E-state index in [0.29, 0.717) is 5.69 Å². The van der Waals surface area contributed by atoms with Crippen LogP contribution in [0.2, 0.25) is 0 Å². The molecule has 0 aliphatic carbocycles. The largest absolute Gasteiger partial charge is 0.506 e. The first-order valence-electron chi connectivity index (χ1n) is 2.34. The fourth-order valence-electron chi connectivity index (χ4n) is 0.488.